The van der Waals surface area contributed by atoms with Crippen molar-refractivity contribution in [3.8, 4) is 0 Å². The van der Waals surface area contributed by atoms with Crippen molar-refractivity contribution in [1.82, 2.24) is 5.32 Å². The fourth-order valence-corrected chi connectivity index (χ4v) is 2.93. The van der Waals surface area contributed by atoms with E-state index in [1.54, 1.807) is 11.8 Å². The van der Waals surface area contributed by atoms with Gasteiger partial charge in [-0.2, -0.15) is 0 Å². The Morgan fingerprint density at radius 1 is 1.22 bits per heavy atom. The lowest BCUT2D eigenvalue weighted by molar-refractivity contribution is 0.0910. The predicted molar refractivity (Wildman–Crippen MR) is 77.1 cm³/mol. The summed E-state index contributed by atoms with van der Waals surface area (Å²) in [5, 5.41) is 3.18. The zero-order valence-electron chi connectivity index (χ0n) is 11.1. The van der Waals surface area contributed by atoms with Crippen LogP contribution in [-0.2, 0) is 0 Å². The molecule has 1 aromatic carbocycles. The highest BCUT2D eigenvalue weighted by Gasteiger charge is 2.23. The smallest absolute Gasteiger partial charge is 0.251 e. The third kappa shape index (κ3) is 3.29. The number of hydrogen-bond donors (Lipinski definition) is 1. The third-order valence-electron chi connectivity index (χ3n) is 3.78. The Kier molecular flexibility index (Phi) is 4.70. The molecule has 0 heterocycles. The van der Waals surface area contributed by atoms with Gasteiger partial charge in [-0.15, -0.1) is 11.8 Å². The van der Waals surface area contributed by atoms with Crippen molar-refractivity contribution in [1.29, 1.82) is 0 Å². The van der Waals surface area contributed by atoms with Gasteiger partial charge >= 0.3 is 0 Å². The highest BCUT2D eigenvalue weighted by atomic mass is 32.2. The minimum absolute atomic E-state index is 0.0707. The first-order valence-corrected chi connectivity index (χ1v) is 7.88. The highest BCUT2D eigenvalue weighted by Crippen LogP contribution is 2.24. The summed E-state index contributed by atoms with van der Waals surface area (Å²) in [5.74, 6) is 0.676. The van der Waals surface area contributed by atoms with E-state index in [9.17, 15) is 4.79 Å². The van der Waals surface area contributed by atoms with Crippen molar-refractivity contribution < 1.29 is 4.79 Å². The molecule has 1 N–H and O–H groups in total. The SMILES string of the molecule is CSc1ccc(C(=O)N[C@H]2CCCC[C@H]2C)cc1. The monoisotopic (exact) mass is 263 g/mol. The molecule has 0 aliphatic heterocycles. The summed E-state index contributed by atoms with van der Waals surface area (Å²) in [4.78, 5) is 13.3. The summed E-state index contributed by atoms with van der Waals surface area (Å²) in [7, 11) is 0. The molecule has 3 heteroatoms. The predicted octanol–water partition coefficient (Wildman–Crippen LogP) is 3.72. The van der Waals surface area contributed by atoms with Crippen LogP contribution in [0.3, 0.4) is 0 Å². The number of carbonyl (C=O) groups is 1. The van der Waals surface area contributed by atoms with Crippen molar-refractivity contribution in [2.45, 2.75) is 43.5 Å². The van der Waals surface area contributed by atoms with Crippen LogP contribution < -0.4 is 5.32 Å². The Morgan fingerprint density at radius 2 is 1.89 bits per heavy atom. The molecule has 1 saturated carbocycles. The second-order valence-corrected chi connectivity index (χ2v) is 5.95. The van der Waals surface area contributed by atoms with Crippen molar-refractivity contribution >= 4 is 17.7 Å². The first-order chi connectivity index (χ1) is 8.70. The van der Waals surface area contributed by atoms with Gasteiger partial charge in [0, 0.05) is 16.5 Å². The molecule has 0 bridgehead atoms. The van der Waals surface area contributed by atoms with Gasteiger partial charge in [-0.25, -0.2) is 0 Å². The average molecular weight is 263 g/mol. The second kappa shape index (κ2) is 6.28. The number of rotatable bonds is 3. The van der Waals surface area contributed by atoms with E-state index in [-0.39, 0.29) is 5.91 Å². The molecule has 0 radical (unpaired) electrons. The molecule has 1 amide bonds. The van der Waals surface area contributed by atoms with E-state index in [0.717, 1.165) is 12.0 Å². The molecule has 0 spiro atoms. The van der Waals surface area contributed by atoms with Gasteiger partial charge < -0.3 is 5.32 Å². The largest absolute Gasteiger partial charge is 0.349 e. The van der Waals surface area contributed by atoms with Crippen molar-refractivity contribution in [3.05, 3.63) is 29.8 Å². The van der Waals surface area contributed by atoms with Crippen LogP contribution in [0.5, 0.6) is 0 Å². The fraction of sp³-hybridized carbons (Fsp3) is 0.533. The molecule has 2 atom stereocenters. The van der Waals surface area contributed by atoms with Gasteiger partial charge in [-0.3, -0.25) is 4.79 Å². The molecule has 1 aliphatic rings. The molecular formula is C15H21NOS. The minimum atomic E-state index is 0.0707. The summed E-state index contributed by atoms with van der Waals surface area (Å²) < 4.78 is 0. The summed E-state index contributed by atoms with van der Waals surface area (Å²) in [6, 6.07) is 8.18. The molecule has 0 saturated heterocycles. The maximum Gasteiger partial charge on any atom is 0.251 e. The van der Waals surface area contributed by atoms with E-state index >= 15 is 0 Å². The van der Waals surface area contributed by atoms with Gasteiger partial charge in [0.05, 0.1) is 0 Å². The van der Waals surface area contributed by atoms with Crippen LogP contribution >= 0.6 is 11.8 Å². The number of nitrogens with one attached hydrogen (secondary N) is 1. The van der Waals surface area contributed by atoms with Gasteiger partial charge in [0.1, 0.15) is 0 Å². The Morgan fingerprint density at radius 3 is 2.50 bits per heavy atom. The van der Waals surface area contributed by atoms with Crippen LogP contribution in [0.25, 0.3) is 0 Å². The quantitative estimate of drug-likeness (QED) is 0.842. The lowest BCUT2D eigenvalue weighted by atomic mass is 9.86. The van der Waals surface area contributed by atoms with E-state index in [1.165, 1.54) is 24.2 Å². The van der Waals surface area contributed by atoms with Crippen LogP contribution in [0, 0.1) is 5.92 Å². The number of amides is 1. The molecule has 1 aromatic rings. The maximum absolute atomic E-state index is 12.1. The Balaban J connectivity index is 1.97. The van der Waals surface area contributed by atoms with Gasteiger partial charge in [0.15, 0.2) is 0 Å². The molecule has 18 heavy (non-hydrogen) atoms. The molecule has 0 aromatic heterocycles. The van der Waals surface area contributed by atoms with E-state index in [0.29, 0.717) is 12.0 Å². The van der Waals surface area contributed by atoms with Gasteiger partial charge in [-0.05, 0) is 49.3 Å². The Labute approximate surface area is 114 Å². The Hall–Kier alpha value is -0.960. The molecular weight excluding hydrogens is 242 g/mol. The zero-order valence-corrected chi connectivity index (χ0v) is 11.9. The summed E-state index contributed by atoms with van der Waals surface area (Å²) in [6.07, 6.45) is 6.93. The zero-order chi connectivity index (χ0) is 13.0. The van der Waals surface area contributed by atoms with Crippen LogP contribution in [0.4, 0.5) is 0 Å². The Bertz CT molecular complexity index is 401. The van der Waals surface area contributed by atoms with E-state index in [1.807, 2.05) is 30.5 Å². The molecule has 2 rings (SSSR count). The summed E-state index contributed by atoms with van der Waals surface area (Å²) >= 11 is 1.69. The number of thioether (sulfide) groups is 1. The normalized spacial score (nSPS) is 23.7. The standard InChI is InChI=1S/C15H21NOS/c1-11-5-3-4-6-14(11)16-15(17)12-7-9-13(18-2)10-8-12/h7-11,14H,3-6H2,1-2H3,(H,16,17)/t11-,14+/m1/s1. The van der Waals surface area contributed by atoms with Gasteiger partial charge in [0.2, 0.25) is 0 Å². The second-order valence-electron chi connectivity index (χ2n) is 5.07. The minimum Gasteiger partial charge on any atom is -0.349 e. The molecule has 1 aliphatic carbocycles. The number of benzene rings is 1. The third-order valence-corrected chi connectivity index (χ3v) is 4.52. The van der Waals surface area contributed by atoms with Gasteiger partial charge in [-0.1, -0.05) is 19.8 Å². The topological polar surface area (TPSA) is 29.1 Å². The van der Waals surface area contributed by atoms with Gasteiger partial charge in [0.25, 0.3) is 5.91 Å². The number of hydrogen-bond acceptors (Lipinski definition) is 2. The van der Waals surface area contributed by atoms with E-state index in [2.05, 4.69) is 12.2 Å². The van der Waals surface area contributed by atoms with Crippen LogP contribution in [0.1, 0.15) is 43.0 Å². The molecule has 98 valence electrons. The first-order valence-electron chi connectivity index (χ1n) is 6.65. The highest BCUT2D eigenvalue weighted by molar-refractivity contribution is 7.98. The summed E-state index contributed by atoms with van der Waals surface area (Å²) in [6.45, 7) is 2.24. The van der Waals surface area contributed by atoms with Crippen LogP contribution in [0.2, 0.25) is 0 Å². The molecule has 0 unspecified atom stereocenters. The molecule has 2 nitrogen and oxygen atoms in total. The average Bonchev–Trinajstić information content (AvgIpc) is 2.41. The lowest BCUT2D eigenvalue weighted by Gasteiger charge is -2.29. The van der Waals surface area contributed by atoms with Crippen molar-refractivity contribution in [2.24, 2.45) is 5.92 Å². The van der Waals surface area contributed by atoms with Crippen LogP contribution in [0.15, 0.2) is 29.2 Å². The first kappa shape index (κ1) is 13.5. The maximum atomic E-state index is 12.1. The fourth-order valence-electron chi connectivity index (χ4n) is 2.52. The van der Waals surface area contributed by atoms with E-state index < -0.39 is 0 Å². The number of carbonyl (C=O) groups excluding carboxylic acids is 1. The van der Waals surface area contributed by atoms with Crippen molar-refractivity contribution in [3.63, 3.8) is 0 Å². The lowest BCUT2D eigenvalue weighted by Crippen LogP contribution is -2.41. The van der Waals surface area contributed by atoms with E-state index in [4.69, 9.17) is 0 Å². The molecule has 1 fully saturated rings. The van der Waals surface area contributed by atoms with Crippen LogP contribution in [-0.4, -0.2) is 18.2 Å². The summed E-state index contributed by atoms with van der Waals surface area (Å²) in [5.41, 5.74) is 0.769. The van der Waals surface area contributed by atoms with Crippen molar-refractivity contribution in [2.75, 3.05) is 6.26 Å².